The van der Waals surface area contributed by atoms with Gasteiger partial charge in [0.2, 0.25) is 0 Å². The molecule has 2 amide bonds. The van der Waals surface area contributed by atoms with Gasteiger partial charge in [-0.1, -0.05) is 29.8 Å². The molecule has 0 radical (unpaired) electrons. The van der Waals surface area contributed by atoms with E-state index in [0.29, 0.717) is 39.3 Å². The predicted octanol–water partition coefficient (Wildman–Crippen LogP) is 5.51. The Bertz CT molecular complexity index is 1690. The summed E-state index contributed by atoms with van der Waals surface area (Å²) in [6.45, 7) is 1.24. The van der Waals surface area contributed by atoms with Gasteiger partial charge in [-0.05, 0) is 42.3 Å². The molecular formula is C28H22ClN3O4. The topological polar surface area (TPSA) is 85.5 Å². The highest BCUT2D eigenvalue weighted by Gasteiger charge is 2.34. The minimum atomic E-state index is -0.466. The first-order valence-corrected chi connectivity index (χ1v) is 12.0. The highest BCUT2D eigenvalue weighted by molar-refractivity contribution is 6.36. The number of aromatic hydroxyl groups is 1. The van der Waals surface area contributed by atoms with Gasteiger partial charge in [-0.15, -0.1) is 0 Å². The van der Waals surface area contributed by atoms with E-state index in [9.17, 15) is 14.7 Å². The normalized spacial score (nSPS) is 12.9. The van der Waals surface area contributed by atoms with Gasteiger partial charge in [0, 0.05) is 53.4 Å². The van der Waals surface area contributed by atoms with Crippen LogP contribution >= 0.6 is 11.6 Å². The van der Waals surface area contributed by atoms with Crippen LogP contribution in [0.1, 0.15) is 27.1 Å². The predicted molar refractivity (Wildman–Crippen MR) is 139 cm³/mol. The number of rotatable bonds is 6. The molecule has 0 bridgehead atoms. The van der Waals surface area contributed by atoms with E-state index in [1.807, 2.05) is 60.4 Å². The summed E-state index contributed by atoms with van der Waals surface area (Å²) in [5.74, 6) is -0.587. The monoisotopic (exact) mass is 499 g/mol. The Morgan fingerprint density at radius 3 is 2.47 bits per heavy atom. The summed E-state index contributed by atoms with van der Waals surface area (Å²) in [5.41, 5.74) is 3.35. The Morgan fingerprint density at radius 1 is 0.944 bits per heavy atom. The van der Waals surface area contributed by atoms with Crippen molar-refractivity contribution in [1.29, 1.82) is 0 Å². The van der Waals surface area contributed by atoms with Gasteiger partial charge in [-0.3, -0.25) is 14.9 Å². The number of hydrogen-bond donors (Lipinski definition) is 2. The lowest BCUT2D eigenvalue weighted by molar-refractivity contribution is 0.0880. The first-order valence-electron chi connectivity index (χ1n) is 11.6. The number of nitrogens with zero attached hydrogens (tertiary/aromatic N) is 2. The molecule has 0 saturated heterocycles. The molecule has 180 valence electrons. The lowest BCUT2D eigenvalue weighted by atomic mass is 9.93. The third-order valence-corrected chi connectivity index (χ3v) is 7.04. The van der Waals surface area contributed by atoms with E-state index in [-0.39, 0.29) is 16.9 Å². The molecule has 0 aliphatic carbocycles. The molecule has 6 rings (SSSR count). The highest BCUT2D eigenvalue weighted by Crippen LogP contribution is 2.43. The van der Waals surface area contributed by atoms with Crippen molar-refractivity contribution in [2.24, 2.45) is 7.05 Å². The van der Waals surface area contributed by atoms with Crippen molar-refractivity contribution >= 4 is 45.2 Å². The number of aromatic nitrogens is 2. The smallest absolute Gasteiger partial charge is 0.259 e. The molecule has 0 saturated carbocycles. The summed E-state index contributed by atoms with van der Waals surface area (Å²) in [4.78, 5) is 25.8. The quantitative estimate of drug-likeness (QED) is 0.238. The number of phenols is 1. The number of phenolic OH excluding ortho intramolecular Hbond substituents is 1. The van der Waals surface area contributed by atoms with E-state index >= 15 is 0 Å². The second-order valence-corrected chi connectivity index (χ2v) is 9.26. The largest absolute Gasteiger partial charge is 0.504 e. The summed E-state index contributed by atoms with van der Waals surface area (Å²) < 4.78 is 9.91. The van der Waals surface area contributed by atoms with Crippen molar-refractivity contribution in [3.05, 3.63) is 83.1 Å². The molecule has 2 N–H and O–H groups in total. The zero-order valence-corrected chi connectivity index (χ0v) is 20.2. The maximum absolute atomic E-state index is 13.0. The van der Waals surface area contributed by atoms with Crippen LogP contribution in [0.3, 0.4) is 0 Å². The van der Waals surface area contributed by atoms with E-state index in [4.69, 9.17) is 16.3 Å². The van der Waals surface area contributed by atoms with Crippen LogP contribution in [0.2, 0.25) is 5.02 Å². The van der Waals surface area contributed by atoms with Gasteiger partial charge in [0.25, 0.3) is 11.8 Å². The van der Waals surface area contributed by atoms with Crippen molar-refractivity contribution in [2.45, 2.75) is 13.0 Å². The standard InChI is InChI=1S/C28H22ClN3O4/c1-31-20-15-23(36-12-6-11-32-9-4-5-10-32)22(33)14-18(20)24-21(31)13-17(16-7-2-3-8-19(16)29)25-26(24)28(35)30-27(25)34/h2-5,7-10,13-15,33H,6,11-12H2,1H3,(H,30,34,35). The Hall–Kier alpha value is -4.23. The Balaban J connectivity index is 1.49. The second-order valence-electron chi connectivity index (χ2n) is 8.85. The van der Waals surface area contributed by atoms with Gasteiger partial charge in [0.1, 0.15) is 0 Å². The minimum Gasteiger partial charge on any atom is -0.504 e. The Labute approximate surface area is 211 Å². The zero-order chi connectivity index (χ0) is 25.0. The SMILES string of the molecule is Cn1c2cc(OCCCn3cccc3)c(O)cc2c2c3c(c(-c4ccccc4Cl)cc21)C(=O)NC3=O. The lowest BCUT2D eigenvalue weighted by Gasteiger charge is -2.10. The number of fused-ring (bicyclic) bond motifs is 5. The fourth-order valence-electron chi connectivity index (χ4n) is 5.02. The number of amides is 2. The van der Waals surface area contributed by atoms with Crippen molar-refractivity contribution in [1.82, 2.24) is 14.5 Å². The average molecular weight is 500 g/mol. The lowest BCUT2D eigenvalue weighted by Crippen LogP contribution is -2.20. The van der Waals surface area contributed by atoms with Crippen molar-refractivity contribution < 1.29 is 19.4 Å². The summed E-state index contributed by atoms with van der Waals surface area (Å²) in [6, 6.07) is 16.4. The Kier molecular flexibility index (Phi) is 5.23. The minimum absolute atomic E-state index is 0.0235. The molecule has 8 heteroatoms. The first kappa shape index (κ1) is 22.2. The molecule has 0 fully saturated rings. The number of imide groups is 1. The summed E-state index contributed by atoms with van der Waals surface area (Å²) in [5, 5.41) is 15.0. The molecule has 7 nitrogen and oxygen atoms in total. The van der Waals surface area contributed by atoms with E-state index in [2.05, 4.69) is 9.88 Å². The third-order valence-electron chi connectivity index (χ3n) is 6.71. The number of carbonyl (C=O) groups excluding carboxylic acids is 2. The van der Waals surface area contributed by atoms with Gasteiger partial charge in [0.15, 0.2) is 11.5 Å². The van der Waals surface area contributed by atoms with Crippen LogP contribution in [0.4, 0.5) is 0 Å². The molecule has 3 heterocycles. The number of halogens is 1. The van der Waals surface area contributed by atoms with Crippen molar-refractivity contribution in [3.8, 4) is 22.6 Å². The number of hydrogen-bond acceptors (Lipinski definition) is 4. The van der Waals surface area contributed by atoms with E-state index in [1.165, 1.54) is 0 Å². The molecule has 2 aromatic heterocycles. The van der Waals surface area contributed by atoms with E-state index < -0.39 is 11.8 Å². The molecule has 0 atom stereocenters. The fraction of sp³-hybridized carbons (Fsp3) is 0.143. The van der Waals surface area contributed by atoms with Crippen LogP contribution in [0.15, 0.2) is 67.0 Å². The van der Waals surface area contributed by atoms with Gasteiger partial charge in [-0.25, -0.2) is 0 Å². The van der Waals surface area contributed by atoms with Crippen LogP contribution in [0.5, 0.6) is 11.5 Å². The molecular weight excluding hydrogens is 478 g/mol. The molecule has 1 aliphatic heterocycles. The van der Waals surface area contributed by atoms with Crippen molar-refractivity contribution in [3.63, 3.8) is 0 Å². The molecule has 5 aromatic rings. The Morgan fingerprint density at radius 2 is 1.69 bits per heavy atom. The van der Waals surface area contributed by atoms with Crippen LogP contribution in [-0.2, 0) is 13.6 Å². The summed E-state index contributed by atoms with van der Waals surface area (Å²) >= 11 is 6.47. The molecule has 0 unspecified atom stereocenters. The van der Waals surface area contributed by atoms with Crippen LogP contribution < -0.4 is 10.1 Å². The fourth-order valence-corrected chi connectivity index (χ4v) is 5.26. The summed E-state index contributed by atoms with van der Waals surface area (Å²) in [6.07, 6.45) is 4.77. The van der Waals surface area contributed by atoms with Crippen LogP contribution in [-0.4, -0.2) is 32.7 Å². The van der Waals surface area contributed by atoms with E-state index in [1.54, 1.807) is 18.2 Å². The zero-order valence-electron chi connectivity index (χ0n) is 19.4. The second kappa shape index (κ2) is 8.46. The van der Waals surface area contributed by atoms with Crippen LogP contribution in [0, 0.1) is 0 Å². The van der Waals surface area contributed by atoms with Gasteiger partial charge in [-0.2, -0.15) is 0 Å². The highest BCUT2D eigenvalue weighted by atomic mass is 35.5. The van der Waals surface area contributed by atoms with Crippen molar-refractivity contribution in [2.75, 3.05) is 6.61 Å². The third kappa shape index (κ3) is 3.43. The number of aryl methyl sites for hydroxylation is 2. The molecule has 36 heavy (non-hydrogen) atoms. The number of nitrogens with one attached hydrogen (secondary N) is 1. The number of ether oxygens (including phenoxy) is 1. The maximum atomic E-state index is 13.0. The van der Waals surface area contributed by atoms with Gasteiger partial charge in [0.05, 0.1) is 28.8 Å². The molecule has 1 aliphatic rings. The maximum Gasteiger partial charge on any atom is 0.259 e. The van der Waals surface area contributed by atoms with Gasteiger partial charge < -0.3 is 19.0 Å². The number of benzene rings is 3. The first-order chi connectivity index (χ1) is 17.4. The van der Waals surface area contributed by atoms with E-state index in [0.717, 1.165) is 24.0 Å². The number of carbonyl (C=O) groups is 2. The molecule has 3 aromatic carbocycles. The molecule has 0 spiro atoms. The summed E-state index contributed by atoms with van der Waals surface area (Å²) in [7, 11) is 1.88. The van der Waals surface area contributed by atoms with Crippen LogP contribution in [0.25, 0.3) is 32.9 Å². The average Bonchev–Trinajstić information content (AvgIpc) is 3.55. The van der Waals surface area contributed by atoms with Gasteiger partial charge >= 0.3 is 0 Å².